The molecule has 0 aliphatic heterocycles. The summed E-state index contributed by atoms with van der Waals surface area (Å²) in [6.45, 7) is 1.81. The third-order valence-electron chi connectivity index (χ3n) is 1.61. The molecule has 0 bridgehead atoms. The molecule has 14 heavy (non-hydrogen) atoms. The van der Waals surface area contributed by atoms with Crippen LogP contribution in [0.4, 0.5) is 18.0 Å². The van der Waals surface area contributed by atoms with Crippen LogP contribution in [0.1, 0.15) is 32.6 Å². The molecule has 0 radical (unpaired) electrons. The Hall–Kier alpha value is -0.940. The summed E-state index contributed by atoms with van der Waals surface area (Å²) in [7, 11) is 0. The van der Waals surface area contributed by atoms with Gasteiger partial charge in [-0.15, -0.1) is 0 Å². The van der Waals surface area contributed by atoms with Crippen molar-refractivity contribution in [1.29, 1.82) is 0 Å². The van der Waals surface area contributed by atoms with Crippen LogP contribution in [-0.4, -0.2) is 23.5 Å². The van der Waals surface area contributed by atoms with Crippen LogP contribution in [0.3, 0.4) is 0 Å². The van der Waals surface area contributed by atoms with Gasteiger partial charge in [-0.1, -0.05) is 19.8 Å². The normalized spacial score (nSPS) is 13.7. The average molecular weight is 214 g/mol. The number of hydrogen-bond acceptors (Lipinski definition) is 2. The van der Waals surface area contributed by atoms with E-state index in [1.165, 1.54) is 0 Å². The molecule has 0 saturated carbocycles. The Morgan fingerprint density at radius 2 is 2.07 bits per heavy atom. The fourth-order valence-electron chi connectivity index (χ4n) is 1.04. The number of carbonyl (C=O) groups is 1. The van der Waals surface area contributed by atoms with Gasteiger partial charge in [0.05, 0.1) is 6.42 Å². The zero-order chi connectivity index (χ0) is 11.2. The molecule has 84 valence electrons. The van der Waals surface area contributed by atoms with Crippen molar-refractivity contribution < 1.29 is 27.8 Å². The topological polar surface area (TPSA) is 46.5 Å². The van der Waals surface area contributed by atoms with Crippen LogP contribution < -0.4 is 0 Å². The zero-order valence-corrected chi connectivity index (χ0v) is 7.80. The second-order valence-corrected chi connectivity index (χ2v) is 2.97. The minimum atomic E-state index is -4.38. The molecular weight excluding hydrogens is 201 g/mol. The molecule has 0 spiro atoms. The highest BCUT2D eigenvalue weighted by atomic mass is 19.4. The summed E-state index contributed by atoms with van der Waals surface area (Å²) in [5.74, 6) is 0. The Morgan fingerprint density at radius 3 is 2.43 bits per heavy atom. The Bertz CT molecular complexity index is 179. The smallest absolute Gasteiger partial charge is 0.450 e. The largest absolute Gasteiger partial charge is 0.506 e. The molecule has 0 aliphatic rings. The van der Waals surface area contributed by atoms with Crippen LogP contribution in [0.25, 0.3) is 0 Å². The fraction of sp³-hybridized carbons (Fsp3) is 0.875. The fourth-order valence-corrected chi connectivity index (χ4v) is 1.04. The lowest BCUT2D eigenvalue weighted by Crippen LogP contribution is -2.24. The van der Waals surface area contributed by atoms with E-state index in [1.807, 2.05) is 6.92 Å². The quantitative estimate of drug-likeness (QED) is 0.715. The Labute approximate surface area is 79.9 Å². The molecule has 0 saturated heterocycles. The predicted molar refractivity (Wildman–Crippen MR) is 43.1 cm³/mol. The lowest BCUT2D eigenvalue weighted by molar-refractivity contribution is -0.155. The van der Waals surface area contributed by atoms with Crippen LogP contribution in [-0.2, 0) is 4.74 Å². The first-order valence-corrected chi connectivity index (χ1v) is 4.31. The summed E-state index contributed by atoms with van der Waals surface area (Å²) in [6.07, 6.45) is -7.18. The van der Waals surface area contributed by atoms with E-state index in [2.05, 4.69) is 4.74 Å². The van der Waals surface area contributed by atoms with E-state index < -0.39 is 24.9 Å². The Morgan fingerprint density at radius 1 is 1.50 bits per heavy atom. The van der Waals surface area contributed by atoms with Crippen molar-refractivity contribution in [2.75, 3.05) is 0 Å². The van der Waals surface area contributed by atoms with Crippen molar-refractivity contribution in [2.45, 2.75) is 44.9 Å². The van der Waals surface area contributed by atoms with Gasteiger partial charge in [0.25, 0.3) is 0 Å². The highest BCUT2D eigenvalue weighted by Gasteiger charge is 2.33. The van der Waals surface area contributed by atoms with E-state index in [4.69, 9.17) is 5.11 Å². The minimum Gasteiger partial charge on any atom is -0.450 e. The molecule has 0 heterocycles. The van der Waals surface area contributed by atoms with Gasteiger partial charge in [-0.25, -0.2) is 4.79 Å². The molecular formula is C8H13F3O3. The maximum Gasteiger partial charge on any atom is 0.506 e. The maximum atomic E-state index is 11.9. The van der Waals surface area contributed by atoms with Gasteiger partial charge in [-0.05, 0) is 6.42 Å². The monoisotopic (exact) mass is 214 g/mol. The van der Waals surface area contributed by atoms with E-state index >= 15 is 0 Å². The summed E-state index contributed by atoms with van der Waals surface area (Å²) in [6, 6.07) is 0. The van der Waals surface area contributed by atoms with Crippen LogP contribution in [0.5, 0.6) is 0 Å². The number of rotatable bonds is 5. The summed E-state index contributed by atoms with van der Waals surface area (Å²) in [5.41, 5.74) is 0. The molecule has 0 amide bonds. The highest BCUT2D eigenvalue weighted by Crippen LogP contribution is 2.25. The third kappa shape index (κ3) is 7.70. The second-order valence-electron chi connectivity index (χ2n) is 2.97. The maximum absolute atomic E-state index is 11.9. The van der Waals surface area contributed by atoms with Crippen LogP contribution in [0.2, 0.25) is 0 Å². The number of halogens is 3. The van der Waals surface area contributed by atoms with Crippen LogP contribution in [0, 0.1) is 0 Å². The van der Waals surface area contributed by atoms with Crippen molar-refractivity contribution in [2.24, 2.45) is 0 Å². The van der Waals surface area contributed by atoms with Gasteiger partial charge in [-0.2, -0.15) is 13.2 Å². The number of alkyl halides is 3. The lowest BCUT2D eigenvalue weighted by atomic mass is 10.1. The van der Waals surface area contributed by atoms with E-state index in [0.29, 0.717) is 12.8 Å². The van der Waals surface area contributed by atoms with Crippen LogP contribution >= 0.6 is 0 Å². The Balaban J connectivity index is 4.03. The predicted octanol–water partition coefficient (Wildman–Crippen LogP) is 3.19. The van der Waals surface area contributed by atoms with Gasteiger partial charge in [-0.3, -0.25) is 0 Å². The van der Waals surface area contributed by atoms with E-state index in [-0.39, 0.29) is 6.42 Å². The second kappa shape index (κ2) is 5.72. The molecule has 0 aromatic rings. The number of carboxylic acid groups (broad SMARTS) is 1. The van der Waals surface area contributed by atoms with Crippen molar-refractivity contribution in [3.05, 3.63) is 0 Å². The minimum absolute atomic E-state index is 0.113. The summed E-state index contributed by atoms with van der Waals surface area (Å²) >= 11 is 0. The molecule has 0 aliphatic carbocycles. The summed E-state index contributed by atoms with van der Waals surface area (Å²) in [5, 5.41) is 8.19. The zero-order valence-electron chi connectivity index (χ0n) is 7.80. The first kappa shape index (κ1) is 13.1. The van der Waals surface area contributed by atoms with Crippen molar-refractivity contribution in [1.82, 2.24) is 0 Å². The Kier molecular flexibility index (Phi) is 5.34. The number of unbranched alkanes of at least 4 members (excludes halogenated alkanes) is 1. The van der Waals surface area contributed by atoms with Gasteiger partial charge < -0.3 is 9.84 Å². The average Bonchev–Trinajstić information content (AvgIpc) is 1.96. The standard InChI is InChI=1S/C8H13F3O3/c1-2-3-4-6(14-7(12)13)5-8(9,10)11/h6H,2-5H2,1H3,(H,12,13). The van der Waals surface area contributed by atoms with Gasteiger partial charge in [0.15, 0.2) is 0 Å². The van der Waals surface area contributed by atoms with Gasteiger partial charge >= 0.3 is 12.3 Å². The highest BCUT2D eigenvalue weighted by molar-refractivity contribution is 5.57. The number of ether oxygens (including phenoxy) is 1. The molecule has 1 N–H and O–H groups in total. The third-order valence-corrected chi connectivity index (χ3v) is 1.61. The molecule has 0 fully saturated rings. The van der Waals surface area contributed by atoms with Crippen LogP contribution in [0.15, 0.2) is 0 Å². The number of hydrogen-bond donors (Lipinski definition) is 1. The molecule has 6 heteroatoms. The van der Waals surface area contributed by atoms with Crippen molar-refractivity contribution in [3.63, 3.8) is 0 Å². The molecule has 0 aromatic carbocycles. The van der Waals surface area contributed by atoms with E-state index in [0.717, 1.165) is 0 Å². The lowest BCUT2D eigenvalue weighted by Gasteiger charge is -2.17. The summed E-state index contributed by atoms with van der Waals surface area (Å²) in [4.78, 5) is 10.1. The van der Waals surface area contributed by atoms with Crippen molar-refractivity contribution in [3.8, 4) is 0 Å². The first-order valence-electron chi connectivity index (χ1n) is 4.31. The van der Waals surface area contributed by atoms with Crippen molar-refractivity contribution >= 4 is 6.16 Å². The molecule has 3 nitrogen and oxygen atoms in total. The molecule has 0 aromatic heterocycles. The summed E-state index contributed by atoms with van der Waals surface area (Å²) < 4.78 is 39.9. The van der Waals surface area contributed by atoms with E-state index in [9.17, 15) is 18.0 Å². The molecule has 1 atom stereocenters. The first-order chi connectivity index (χ1) is 6.35. The van der Waals surface area contributed by atoms with Gasteiger partial charge in [0.2, 0.25) is 0 Å². The van der Waals surface area contributed by atoms with Gasteiger partial charge in [0, 0.05) is 0 Å². The molecule has 1 unspecified atom stereocenters. The SMILES string of the molecule is CCCCC(CC(F)(F)F)OC(=O)O. The van der Waals surface area contributed by atoms with E-state index in [1.54, 1.807) is 0 Å². The molecule has 0 rings (SSSR count). The van der Waals surface area contributed by atoms with Gasteiger partial charge in [0.1, 0.15) is 6.10 Å².